The van der Waals surface area contributed by atoms with E-state index < -0.39 is 0 Å². The Balaban J connectivity index is 2.04. The first kappa shape index (κ1) is 13.2. The minimum atomic E-state index is 0.452. The number of aromatic nitrogens is 1. The number of aromatic amines is 1. The van der Waals surface area contributed by atoms with Crippen molar-refractivity contribution in [2.24, 2.45) is 10.7 Å². The van der Waals surface area contributed by atoms with Gasteiger partial charge in [0.2, 0.25) is 0 Å². The lowest BCUT2D eigenvalue weighted by atomic mass is 10.1. The van der Waals surface area contributed by atoms with E-state index in [-0.39, 0.29) is 0 Å². The molecule has 0 aliphatic carbocycles. The molecule has 0 aliphatic heterocycles. The Bertz CT molecular complexity index is 622. The predicted octanol–water partition coefficient (Wildman–Crippen LogP) is 2.46. The summed E-state index contributed by atoms with van der Waals surface area (Å²) in [5, 5.41) is 4.22. The van der Waals surface area contributed by atoms with Crippen molar-refractivity contribution in [1.29, 1.82) is 0 Å². The van der Waals surface area contributed by atoms with Crippen molar-refractivity contribution in [3.8, 4) is 0 Å². The van der Waals surface area contributed by atoms with E-state index in [0.29, 0.717) is 19.0 Å². The molecule has 0 fully saturated rings. The van der Waals surface area contributed by atoms with E-state index in [1.54, 1.807) is 0 Å². The third-order valence-electron chi connectivity index (χ3n) is 2.82. The van der Waals surface area contributed by atoms with Crippen LogP contribution in [0.5, 0.6) is 0 Å². The average molecular weight is 256 g/mol. The quantitative estimate of drug-likeness (QED) is 0.447. The molecule has 0 atom stereocenters. The number of nitrogens with zero attached hydrogens (tertiary/aromatic N) is 1. The number of H-pyrrole nitrogens is 1. The number of benzene rings is 1. The van der Waals surface area contributed by atoms with Crippen molar-refractivity contribution >= 4 is 16.9 Å². The van der Waals surface area contributed by atoms with E-state index in [0.717, 1.165) is 16.7 Å². The molecule has 0 spiro atoms. The second kappa shape index (κ2) is 5.61. The molecular weight excluding hydrogens is 236 g/mol. The van der Waals surface area contributed by atoms with Crippen molar-refractivity contribution in [3.05, 3.63) is 47.7 Å². The van der Waals surface area contributed by atoms with Gasteiger partial charge in [-0.05, 0) is 43.0 Å². The molecule has 1 aromatic carbocycles. The van der Waals surface area contributed by atoms with E-state index in [1.807, 2.05) is 6.92 Å². The van der Waals surface area contributed by atoms with Crippen molar-refractivity contribution in [3.63, 3.8) is 0 Å². The van der Waals surface area contributed by atoms with Crippen LogP contribution in [0.15, 0.2) is 41.4 Å². The zero-order valence-corrected chi connectivity index (χ0v) is 11.5. The topological polar surface area (TPSA) is 66.2 Å². The lowest BCUT2D eigenvalue weighted by Gasteiger charge is -2.05. The van der Waals surface area contributed by atoms with Gasteiger partial charge in [-0.1, -0.05) is 18.2 Å². The Labute approximate surface area is 113 Å². The molecule has 0 aliphatic rings. The molecule has 0 amide bonds. The zero-order valence-electron chi connectivity index (χ0n) is 11.5. The van der Waals surface area contributed by atoms with Gasteiger partial charge in [-0.3, -0.25) is 0 Å². The fraction of sp³-hybridized carbons (Fsp3) is 0.267. The largest absolute Gasteiger partial charge is 0.370 e. The SMILES string of the molecule is C=C(C)CNC(N)=NCc1ccc2[nH]c(C)cc2c1. The summed E-state index contributed by atoms with van der Waals surface area (Å²) in [5.74, 6) is 0.452. The van der Waals surface area contributed by atoms with Gasteiger partial charge in [-0.15, -0.1) is 0 Å². The standard InChI is InChI=1S/C15H20N4/c1-10(2)8-17-15(16)18-9-12-4-5-14-13(7-12)6-11(3)19-14/h4-7,19H,1,8-9H2,2-3H3,(H3,16,17,18). The number of nitrogens with two attached hydrogens (primary N) is 1. The fourth-order valence-corrected chi connectivity index (χ4v) is 1.90. The minimum Gasteiger partial charge on any atom is -0.370 e. The summed E-state index contributed by atoms with van der Waals surface area (Å²) in [4.78, 5) is 7.61. The number of nitrogens with one attached hydrogen (secondary N) is 2. The fourth-order valence-electron chi connectivity index (χ4n) is 1.90. The number of hydrogen-bond acceptors (Lipinski definition) is 1. The van der Waals surface area contributed by atoms with Crippen molar-refractivity contribution < 1.29 is 0 Å². The molecule has 4 heteroatoms. The van der Waals surface area contributed by atoms with Crippen LogP contribution in [0, 0.1) is 6.92 Å². The third-order valence-corrected chi connectivity index (χ3v) is 2.82. The van der Waals surface area contributed by atoms with Crippen LogP contribution in [-0.4, -0.2) is 17.5 Å². The van der Waals surface area contributed by atoms with E-state index >= 15 is 0 Å². The van der Waals surface area contributed by atoms with Gasteiger partial charge in [0, 0.05) is 17.8 Å². The van der Waals surface area contributed by atoms with E-state index in [4.69, 9.17) is 5.73 Å². The Kier molecular flexibility index (Phi) is 3.90. The number of hydrogen-bond donors (Lipinski definition) is 3. The maximum Gasteiger partial charge on any atom is 0.189 e. The van der Waals surface area contributed by atoms with Gasteiger partial charge in [0.15, 0.2) is 5.96 Å². The van der Waals surface area contributed by atoms with Crippen LogP contribution in [0.4, 0.5) is 0 Å². The van der Waals surface area contributed by atoms with Gasteiger partial charge in [0.05, 0.1) is 6.54 Å². The summed E-state index contributed by atoms with van der Waals surface area (Å²) in [7, 11) is 0. The molecule has 0 saturated carbocycles. The molecule has 0 radical (unpaired) electrons. The first-order valence-corrected chi connectivity index (χ1v) is 6.31. The van der Waals surface area contributed by atoms with Gasteiger partial charge < -0.3 is 16.0 Å². The predicted molar refractivity (Wildman–Crippen MR) is 81.2 cm³/mol. The first-order valence-electron chi connectivity index (χ1n) is 6.31. The van der Waals surface area contributed by atoms with Crippen LogP contribution in [0.3, 0.4) is 0 Å². The molecule has 0 unspecified atom stereocenters. The Morgan fingerprint density at radius 3 is 2.95 bits per heavy atom. The summed E-state index contributed by atoms with van der Waals surface area (Å²) in [6, 6.07) is 8.40. The van der Waals surface area contributed by atoms with Crippen LogP contribution < -0.4 is 11.1 Å². The van der Waals surface area contributed by atoms with Gasteiger partial charge in [-0.25, -0.2) is 4.99 Å². The first-order chi connectivity index (χ1) is 9.04. The van der Waals surface area contributed by atoms with Gasteiger partial charge in [0.1, 0.15) is 0 Å². The number of fused-ring (bicyclic) bond motifs is 1. The second-order valence-corrected chi connectivity index (χ2v) is 4.89. The molecule has 1 aromatic heterocycles. The minimum absolute atomic E-state index is 0.452. The highest BCUT2D eigenvalue weighted by atomic mass is 15.1. The van der Waals surface area contributed by atoms with Crippen molar-refractivity contribution in [1.82, 2.24) is 10.3 Å². The van der Waals surface area contributed by atoms with Crippen LogP contribution in [0.2, 0.25) is 0 Å². The van der Waals surface area contributed by atoms with E-state index in [9.17, 15) is 0 Å². The summed E-state index contributed by atoms with van der Waals surface area (Å²) >= 11 is 0. The molecule has 19 heavy (non-hydrogen) atoms. The Hall–Kier alpha value is -2.23. The number of guanidine groups is 1. The Morgan fingerprint density at radius 1 is 1.42 bits per heavy atom. The maximum absolute atomic E-state index is 5.78. The Morgan fingerprint density at radius 2 is 2.21 bits per heavy atom. The van der Waals surface area contributed by atoms with Crippen molar-refractivity contribution in [2.75, 3.05) is 6.54 Å². The number of aryl methyl sites for hydroxylation is 1. The van der Waals surface area contributed by atoms with Crippen molar-refractivity contribution in [2.45, 2.75) is 20.4 Å². The normalized spacial score (nSPS) is 11.8. The molecule has 4 N–H and O–H groups in total. The highest BCUT2D eigenvalue weighted by molar-refractivity contribution is 5.81. The highest BCUT2D eigenvalue weighted by Crippen LogP contribution is 2.17. The average Bonchev–Trinajstić information content (AvgIpc) is 2.73. The lowest BCUT2D eigenvalue weighted by molar-refractivity contribution is 0.941. The molecule has 0 bridgehead atoms. The maximum atomic E-state index is 5.78. The summed E-state index contributed by atoms with van der Waals surface area (Å²) in [6.45, 7) is 9.04. The molecule has 1 heterocycles. The molecule has 2 rings (SSSR count). The number of aliphatic imine (C=N–C) groups is 1. The zero-order chi connectivity index (χ0) is 13.8. The molecule has 4 nitrogen and oxygen atoms in total. The van der Waals surface area contributed by atoms with Crippen LogP contribution in [-0.2, 0) is 6.54 Å². The molecule has 100 valence electrons. The smallest absolute Gasteiger partial charge is 0.189 e. The number of rotatable bonds is 4. The second-order valence-electron chi connectivity index (χ2n) is 4.89. The molecule has 2 aromatic rings. The highest BCUT2D eigenvalue weighted by Gasteiger charge is 1.99. The van der Waals surface area contributed by atoms with Gasteiger partial charge >= 0.3 is 0 Å². The third kappa shape index (κ3) is 3.61. The van der Waals surface area contributed by atoms with Crippen LogP contribution >= 0.6 is 0 Å². The van der Waals surface area contributed by atoms with E-state index in [1.165, 1.54) is 11.1 Å². The molecule has 0 saturated heterocycles. The van der Waals surface area contributed by atoms with Gasteiger partial charge in [-0.2, -0.15) is 0 Å². The summed E-state index contributed by atoms with van der Waals surface area (Å²) < 4.78 is 0. The van der Waals surface area contributed by atoms with Gasteiger partial charge in [0.25, 0.3) is 0 Å². The molecular formula is C15H20N4. The summed E-state index contributed by atoms with van der Waals surface area (Å²) in [6.07, 6.45) is 0. The monoisotopic (exact) mass is 256 g/mol. The van der Waals surface area contributed by atoms with Crippen LogP contribution in [0.25, 0.3) is 10.9 Å². The summed E-state index contributed by atoms with van der Waals surface area (Å²) in [5.41, 5.74) is 10.3. The van der Waals surface area contributed by atoms with E-state index in [2.05, 4.69) is 53.1 Å². The lowest BCUT2D eigenvalue weighted by Crippen LogP contribution is -2.32. The van der Waals surface area contributed by atoms with Crippen LogP contribution in [0.1, 0.15) is 18.2 Å².